The Bertz CT molecular complexity index is 1310. The largest absolute Gasteiger partial charge is 0.497 e. The third kappa shape index (κ3) is 5.19. The number of benzene rings is 3. The minimum Gasteiger partial charge on any atom is -0.497 e. The van der Waals surface area contributed by atoms with Crippen molar-refractivity contribution >= 4 is 36.7 Å². The number of fused-ring (bicyclic) bond motifs is 1. The lowest BCUT2D eigenvalue weighted by Crippen LogP contribution is -2.30. The number of aromatic nitrogens is 1. The van der Waals surface area contributed by atoms with Gasteiger partial charge in [0.2, 0.25) is 10.0 Å². The van der Waals surface area contributed by atoms with Crippen molar-refractivity contribution in [2.24, 2.45) is 0 Å². The minimum atomic E-state index is -3.86. The zero-order valence-corrected chi connectivity index (χ0v) is 20.6. The van der Waals surface area contributed by atoms with Gasteiger partial charge in [-0.3, -0.25) is 4.98 Å². The smallest absolute Gasteiger partial charge is 0.244 e. The van der Waals surface area contributed by atoms with Crippen LogP contribution in [0.1, 0.15) is 11.1 Å². The molecule has 0 N–H and O–H groups in total. The molecule has 1 aromatic heterocycles. The van der Waals surface area contributed by atoms with E-state index in [2.05, 4.69) is 20.9 Å². The number of halogens is 1. The lowest BCUT2D eigenvalue weighted by molar-refractivity contribution is 0.398. The van der Waals surface area contributed by atoms with E-state index in [0.717, 1.165) is 16.5 Å². The van der Waals surface area contributed by atoms with Gasteiger partial charge in [-0.1, -0.05) is 40.2 Å². The molecule has 6 nitrogen and oxygen atoms in total. The highest BCUT2D eigenvalue weighted by Crippen LogP contribution is 2.31. The van der Waals surface area contributed by atoms with Gasteiger partial charge in [0.05, 0.1) is 19.1 Å². The van der Waals surface area contributed by atoms with Gasteiger partial charge in [0.1, 0.15) is 11.5 Å². The van der Waals surface area contributed by atoms with Crippen LogP contribution in [0.4, 0.5) is 0 Å². The van der Waals surface area contributed by atoms with Crippen LogP contribution >= 0.6 is 15.9 Å². The molecule has 8 heteroatoms. The van der Waals surface area contributed by atoms with E-state index in [4.69, 9.17) is 9.47 Å². The van der Waals surface area contributed by atoms with E-state index in [-0.39, 0.29) is 18.0 Å². The van der Waals surface area contributed by atoms with Crippen LogP contribution < -0.4 is 9.47 Å². The van der Waals surface area contributed by atoms with Crippen molar-refractivity contribution in [1.82, 2.24) is 9.29 Å². The number of pyridine rings is 1. The molecule has 0 saturated heterocycles. The predicted molar refractivity (Wildman–Crippen MR) is 132 cm³/mol. The molecule has 0 atom stereocenters. The molecule has 0 aliphatic heterocycles. The Morgan fingerprint density at radius 1 is 0.848 bits per heavy atom. The summed E-state index contributed by atoms with van der Waals surface area (Å²) in [5.41, 5.74) is 1.71. The average molecular weight is 527 g/mol. The van der Waals surface area contributed by atoms with Gasteiger partial charge < -0.3 is 9.47 Å². The Labute approximate surface area is 202 Å². The summed E-state index contributed by atoms with van der Waals surface area (Å²) in [5, 5.41) is 1.38. The lowest BCUT2D eigenvalue weighted by Gasteiger charge is -2.24. The first-order valence-corrected chi connectivity index (χ1v) is 12.4. The van der Waals surface area contributed by atoms with Crippen LogP contribution in [0.25, 0.3) is 10.8 Å². The number of hydrogen-bond acceptors (Lipinski definition) is 5. The van der Waals surface area contributed by atoms with E-state index in [1.54, 1.807) is 38.7 Å². The predicted octanol–water partition coefficient (Wildman–Crippen LogP) is 5.41. The Morgan fingerprint density at radius 2 is 1.39 bits per heavy atom. The van der Waals surface area contributed by atoms with Crippen molar-refractivity contribution in [3.8, 4) is 11.5 Å². The van der Waals surface area contributed by atoms with Crippen LogP contribution in [0.2, 0.25) is 0 Å². The zero-order chi connectivity index (χ0) is 23.4. The molecule has 4 aromatic rings. The van der Waals surface area contributed by atoms with Gasteiger partial charge in [0.25, 0.3) is 0 Å². The second-order valence-corrected chi connectivity index (χ2v) is 10.3. The highest BCUT2D eigenvalue weighted by molar-refractivity contribution is 9.10. The Morgan fingerprint density at radius 3 is 1.91 bits per heavy atom. The summed E-state index contributed by atoms with van der Waals surface area (Å²) >= 11 is 3.45. The summed E-state index contributed by atoms with van der Waals surface area (Å²) in [5.74, 6) is 1.43. The molecule has 0 radical (unpaired) electrons. The van der Waals surface area contributed by atoms with Gasteiger partial charge in [0.15, 0.2) is 0 Å². The molecule has 0 amide bonds. The molecular formula is C25H23BrN2O4S. The molecule has 0 fully saturated rings. The Kier molecular flexibility index (Phi) is 6.97. The van der Waals surface area contributed by atoms with Gasteiger partial charge in [0, 0.05) is 40.7 Å². The molecule has 3 aromatic carbocycles. The van der Waals surface area contributed by atoms with E-state index in [1.807, 2.05) is 54.6 Å². The van der Waals surface area contributed by atoms with Crippen LogP contribution in [0.15, 0.2) is 88.5 Å². The minimum absolute atomic E-state index is 0.206. The second kappa shape index (κ2) is 9.91. The topological polar surface area (TPSA) is 68.7 Å². The van der Waals surface area contributed by atoms with Crippen LogP contribution in [-0.2, 0) is 23.1 Å². The summed E-state index contributed by atoms with van der Waals surface area (Å²) in [7, 11) is -0.665. The standard InChI is InChI=1S/C25H23BrN2O4S/c1-31-22-7-3-18(4-8-22)16-28(17-19-5-9-23(32-2)10-6-19)33(29,30)25-14-21(26)13-20-15-27-12-11-24(20)25/h3-15H,16-17H2,1-2H3. The van der Waals surface area contributed by atoms with E-state index in [9.17, 15) is 8.42 Å². The Hall–Kier alpha value is -2.94. The molecule has 33 heavy (non-hydrogen) atoms. The zero-order valence-electron chi connectivity index (χ0n) is 18.2. The Balaban J connectivity index is 1.78. The fraction of sp³-hybridized carbons (Fsp3) is 0.160. The number of sulfonamides is 1. The molecular weight excluding hydrogens is 504 g/mol. The van der Waals surface area contributed by atoms with Crippen LogP contribution in [0.5, 0.6) is 11.5 Å². The summed E-state index contributed by atoms with van der Waals surface area (Å²) in [6.45, 7) is 0.412. The van der Waals surface area contributed by atoms with Gasteiger partial charge in [-0.25, -0.2) is 8.42 Å². The van der Waals surface area contributed by atoms with Crippen molar-refractivity contribution in [3.05, 3.63) is 94.7 Å². The van der Waals surface area contributed by atoms with Crippen molar-refractivity contribution in [3.63, 3.8) is 0 Å². The lowest BCUT2D eigenvalue weighted by atomic mass is 10.2. The summed E-state index contributed by atoms with van der Waals surface area (Å²) in [6, 6.07) is 20.0. The van der Waals surface area contributed by atoms with Gasteiger partial charge in [-0.05, 0) is 53.6 Å². The van der Waals surface area contributed by atoms with Crippen molar-refractivity contribution < 1.29 is 17.9 Å². The van der Waals surface area contributed by atoms with E-state index < -0.39 is 10.0 Å². The van der Waals surface area contributed by atoms with E-state index in [1.165, 1.54) is 4.31 Å². The molecule has 0 aliphatic rings. The summed E-state index contributed by atoms with van der Waals surface area (Å²) in [4.78, 5) is 4.37. The van der Waals surface area contributed by atoms with Gasteiger partial charge >= 0.3 is 0 Å². The fourth-order valence-corrected chi connectivity index (χ4v) is 5.87. The third-order valence-corrected chi connectivity index (χ3v) is 7.62. The van der Waals surface area contributed by atoms with Crippen LogP contribution in [-0.4, -0.2) is 31.9 Å². The normalized spacial score (nSPS) is 11.6. The maximum Gasteiger partial charge on any atom is 0.244 e. The first-order valence-electron chi connectivity index (χ1n) is 10.2. The molecule has 0 saturated carbocycles. The molecule has 0 spiro atoms. The molecule has 1 heterocycles. The van der Waals surface area contributed by atoms with Gasteiger partial charge in [-0.2, -0.15) is 4.31 Å². The molecule has 170 valence electrons. The number of rotatable bonds is 8. The average Bonchev–Trinajstić information content (AvgIpc) is 2.84. The first kappa shape index (κ1) is 23.2. The highest BCUT2D eigenvalue weighted by Gasteiger charge is 2.27. The number of methoxy groups -OCH3 is 2. The van der Waals surface area contributed by atoms with E-state index >= 15 is 0 Å². The number of nitrogens with zero attached hydrogens (tertiary/aromatic N) is 2. The summed E-state index contributed by atoms with van der Waals surface area (Å²) < 4.78 is 40.6. The highest BCUT2D eigenvalue weighted by atomic mass is 79.9. The maximum absolute atomic E-state index is 14.0. The SMILES string of the molecule is COc1ccc(CN(Cc2ccc(OC)cc2)S(=O)(=O)c2cc(Br)cc3cnccc23)cc1. The van der Waals surface area contributed by atoms with Crippen molar-refractivity contribution in [2.45, 2.75) is 18.0 Å². The van der Waals surface area contributed by atoms with Crippen LogP contribution in [0, 0.1) is 0 Å². The van der Waals surface area contributed by atoms with E-state index in [0.29, 0.717) is 21.4 Å². The quantitative estimate of drug-likeness (QED) is 0.307. The number of ether oxygens (including phenoxy) is 2. The van der Waals surface area contributed by atoms with Gasteiger partial charge in [-0.15, -0.1) is 0 Å². The fourth-order valence-electron chi connectivity index (χ4n) is 3.59. The maximum atomic E-state index is 14.0. The molecule has 0 aliphatic carbocycles. The van der Waals surface area contributed by atoms with Crippen molar-refractivity contribution in [2.75, 3.05) is 14.2 Å². The number of hydrogen-bond donors (Lipinski definition) is 0. The third-order valence-electron chi connectivity index (χ3n) is 5.33. The van der Waals surface area contributed by atoms with Crippen molar-refractivity contribution in [1.29, 1.82) is 0 Å². The second-order valence-electron chi connectivity index (χ2n) is 7.47. The summed E-state index contributed by atoms with van der Waals surface area (Å²) in [6.07, 6.45) is 3.27. The first-order chi connectivity index (χ1) is 15.9. The molecule has 4 rings (SSSR count). The van der Waals surface area contributed by atoms with Crippen LogP contribution in [0.3, 0.4) is 0 Å². The molecule has 0 unspecified atom stereocenters. The monoisotopic (exact) mass is 526 g/mol. The molecule has 0 bridgehead atoms.